The minimum atomic E-state index is 0.600. The topological polar surface area (TPSA) is 80.9 Å². The third-order valence-corrected chi connectivity index (χ3v) is 2.51. The minimum absolute atomic E-state index is 0.600. The number of nitrogens with zero attached hydrogens (tertiary/aromatic N) is 6. The summed E-state index contributed by atoms with van der Waals surface area (Å²) in [5.74, 6) is 0.737. The van der Waals surface area contributed by atoms with Crippen molar-refractivity contribution in [3.05, 3.63) is 42.0 Å². The Kier molecular flexibility index (Phi) is 2.56. The van der Waals surface area contributed by atoms with E-state index in [1.807, 2.05) is 25.1 Å². The molecular formula is C11H11N7. The van der Waals surface area contributed by atoms with E-state index in [4.69, 9.17) is 0 Å². The van der Waals surface area contributed by atoms with E-state index in [9.17, 15) is 0 Å². The molecule has 0 saturated heterocycles. The molecular weight excluding hydrogens is 230 g/mol. The lowest BCUT2D eigenvalue weighted by Gasteiger charge is -2.06. The molecule has 0 bridgehead atoms. The maximum atomic E-state index is 4.41. The van der Waals surface area contributed by atoms with Gasteiger partial charge in [-0.15, -0.1) is 5.10 Å². The average molecular weight is 241 g/mol. The second kappa shape index (κ2) is 4.36. The monoisotopic (exact) mass is 241 g/mol. The lowest BCUT2D eigenvalue weighted by atomic mass is 10.3. The van der Waals surface area contributed by atoms with E-state index < -0.39 is 0 Å². The molecule has 0 aliphatic carbocycles. The zero-order valence-electron chi connectivity index (χ0n) is 9.78. The van der Waals surface area contributed by atoms with Crippen molar-refractivity contribution in [1.82, 2.24) is 30.0 Å². The Morgan fingerprint density at radius 1 is 1.28 bits per heavy atom. The summed E-state index contributed by atoms with van der Waals surface area (Å²) >= 11 is 0. The first kappa shape index (κ1) is 10.6. The molecule has 3 heterocycles. The number of anilines is 1. The molecule has 0 saturated carbocycles. The summed E-state index contributed by atoms with van der Waals surface area (Å²) in [4.78, 5) is 8.48. The second-order valence-corrected chi connectivity index (χ2v) is 3.87. The van der Waals surface area contributed by atoms with Crippen LogP contribution in [0.15, 0.2) is 30.6 Å². The molecule has 1 N–H and O–H groups in total. The number of aryl methyl sites for hydroxylation is 1. The van der Waals surface area contributed by atoms with Gasteiger partial charge in [0.1, 0.15) is 0 Å². The van der Waals surface area contributed by atoms with Crippen LogP contribution in [0.25, 0.3) is 5.65 Å². The highest BCUT2D eigenvalue weighted by atomic mass is 15.5. The predicted molar refractivity (Wildman–Crippen MR) is 64.9 cm³/mol. The molecule has 0 aliphatic rings. The SMILES string of the molecule is Cc1cccc(CNc2cncc3nnnn23)n1. The summed E-state index contributed by atoms with van der Waals surface area (Å²) in [6.07, 6.45) is 3.29. The van der Waals surface area contributed by atoms with Crippen LogP contribution in [0, 0.1) is 6.92 Å². The molecule has 7 nitrogen and oxygen atoms in total. The van der Waals surface area contributed by atoms with Crippen molar-refractivity contribution in [3.8, 4) is 0 Å². The Labute approximate surface area is 103 Å². The van der Waals surface area contributed by atoms with Gasteiger partial charge in [-0.25, -0.2) is 0 Å². The molecule has 0 radical (unpaired) electrons. The molecule has 90 valence electrons. The predicted octanol–water partition coefficient (Wildman–Crippen LogP) is 0.835. The van der Waals surface area contributed by atoms with Crippen LogP contribution in [0.1, 0.15) is 11.4 Å². The van der Waals surface area contributed by atoms with E-state index in [0.717, 1.165) is 17.2 Å². The Bertz CT molecular complexity index is 676. The van der Waals surface area contributed by atoms with Crippen molar-refractivity contribution >= 4 is 11.5 Å². The molecule has 0 aliphatic heterocycles. The molecule has 3 aromatic heterocycles. The smallest absolute Gasteiger partial charge is 0.199 e. The van der Waals surface area contributed by atoms with Gasteiger partial charge in [0, 0.05) is 5.69 Å². The molecule has 0 fully saturated rings. The van der Waals surface area contributed by atoms with E-state index in [1.165, 1.54) is 0 Å². The van der Waals surface area contributed by atoms with E-state index in [1.54, 1.807) is 16.9 Å². The van der Waals surface area contributed by atoms with E-state index in [2.05, 4.69) is 30.8 Å². The highest BCUT2D eigenvalue weighted by Crippen LogP contribution is 2.07. The van der Waals surface area contributed by atoms with Crippen LogP contribution >= 0.6 is 0 Å². The number of fused-ring (bicyclic) bond motifs is 1. The summed E-state index contributed by atoms with van der Waals surface area (Å²) < 4.78 is 1.60. The van der Waals surface area contributed by atoms with Crippen LogP contribution in [0.4, 0.5) is 5.82 Å². The van der Waals surface area contributed by atoms with Gasteiger partial charge in [0.15, 0.2) is 11.5 Å². The van der Waals surface area contributed by atoms with Gasteiger partial charge < -0.3 is 5.32 Å². The maximum Gasteiger partial charge on any atom is 0.199 e. The Balaban J connectivity index is 1.83. The van der Waals surface area contributed by atoms with Gasteiger partial charge in [0.2, 0.25) is 0 Å². The standard InChI is InChI=1S/C11H11N7/c1-8-3-2-4-9(14-8)5-13-10-6-12-7-11-15-16-17-18(10)11/h2-4,6-7,13H,5H2,1H3. The van der Waals surface area contributed by atoms with Gasteiger partial charge in [-0.1, -0.05) is 6.07 Å². The third kappa shape index (κ3) is 1.97. The maximum absolute atomic E-state index is 4.41. The van der Waals surface area contributed by atoms with Crippen LogP contribution < -0.4 is 5.32 Å². The first-order valence-electron chi connectivity index (χ1n) is 5.51. The number of rotatable bonds is 3. The Morgan fingerprint density at radius 2 is 2.22 bits per heavy atom. The Morgan fingerprint density at radius 3 is 3.11 bits per heavy atom. The molecule has 3 aromatic rings. The first-order chi connectivity index (χ1) is 8.83. The number of tetrazole rings is 1. The number of aromatic nitrogens is 6. The summed E-state index contributed by atoms with van der Waals surface area (Å²) in [6, 6.07) is 5.91. The normalized spacial score (nSPS) is 10.7. The van der Waals surface area contributed by atoms with E-state index in [-0.39, 0.29) is 0 Å². The molecule has 0 amide bonds. The van der Waals surface area contributed by atoms with Gasteiger partial charge in [0.25, 0.3) is 0 Å². The van der Waals surface area contributed by atoms with Crippen LogP contribution in [-0.4, -0.2) is 30.0 Å². The van der Waals surface area contributed by atoms with Crippen molar-refractivity contribution in [2.75, 3.05) is 5.32 Å². The third-order valence-electron chi connectivity index (χ3n) is 2.51. The summed E-state index contributed by atoms with van der Waals surface area (Å²) in [5, 5.41) is 14.5. The molecule has 0 spiro atoms. The summed E-state index contributed by atoms with van der Waals surface area (Å²) in [6.45, 7) is 2.56. The first-order valence-corrected chi connectivity index (χ1v) is 5.51. The Hall–Kier alpha value is -2.57. The van der Waals surface area contributed by atoms with Gasteiger partial charge >= 0.3 is 0 Å². The molecule has 0 unspecified atom stereocenters. The molecule has 0 aromatic carbocycles. The van der Waals surface area contributed by atoms with E-state index in [0.29, 0.717) is 12.2 Å². The molecule has 7 heteroatoms. The quantitative estimate of drug-likeness (QED) is 0.731. The van der Waals surface area contributed by atoms with Crippen molar-refractivity contribution in [3.63, 3.8) is 0 Å². The zero-order valence-corrected chi connectivity index (χ0v) is 9.78. The molecule has 0 atom stereocenters. The van der Waals surface area contributed by atoms with Crippen LogP contribution in [0.5, 0.6) is 0 Å². The fraction of sp³-hybridized carbons (Fsp3) is 0.182. The number of hydrogen-bond acceptors (Lipinski definition) is 6. The average Bonchev–Trinajstić information content (AvgIpc) is 2.85. The highest BCUT2D eigenvalue weighted by molar-refractivity contribution is 5.43. The molecule has 18 heavy (non-hydrogen) atoms. The van der Waals surface area contributed by atoms with Crippen LogP contribution in [0.2, 0.25) is 0 Å². The largest absolute Gasteiger partial charge is 0.363 e. The number of pyridine rings is 1. The second-order valence-electron chi connectivity index (χ2n) is 3.87. The summed E-state index contributed by atoms with van der Waals surface area (Å²) in [7, 11) is 0. The van der Waals surface area contributed by atoms with Gasteiger partial charge in [-0.05, 0) is 29.5 Å². The van der Waals surface area contributed by atoms with Crippen molar-refractivity contribution < 1.29 is 0 Å². The van der Waals surface area contributed by atoms with Crippen LogP contribution in [-0.2, 0) is 6.54 Å². The number of nitrogens with one attached hydrogen (secondary N) is 1. The highest BCUT2D eigenvalue weighted by Gasteiger charge is 2.03. The van der Waals surface area contributed by atoms with Gasteiger partial charge in [-0.2, -0.15) is 4.52 Å². The fourth-order valence-corrected chi connectivity index (χ4v) is 1.67. The number of hydrogen-bond donors (Lipinski definition) is 1. The summed E-state index contributed by atoms with van der Waals surface area (Å²) in [5.41, 5.74) is 2.56. The molecule has 3 rings (SSSR count). The minimum Gasteiger partial charge on any atom is -0.363 e. The van der Waals surface area contributed by atoms with Crippen molar-refractivity contribution in [2.24, 2.45) is 0 Å². The van der Waals surface area contributed by atoms with Crippen molar-refractivity contribution in [2.45, 2.75) is 13.5 Å². The lowest BCUT2D eigenvalue weighted by Crippen LogP contribution is -2.07. The van der Waals surface area contributed by atoms with Crippen LogP contribution in [0.3, 0.4) is 0 Å². The van der Waals surface area contributed by atoms with Gasteiger partial charge in [0.05, 0.1) is 24.6 Å². The van der Waals surface area contributed by atoms with E-state index >= 15 is 0 Å². The lowest BCUT2D eigenvalue weighted by molar-refractivity contribution is 0.817. The fourth-order valence-electron chi connectivity index (χ4n) is 1.67. The van der Waals surface area contributed by atoms with Crippen molar-refractivity contribution in [1.29, 1.82) is 0 Å². The van der Waals surface area contributed by atoms with Gasteiger partial charge in [-0.3, -0.25) is 9.97 Å². The zero-order chi connectivity index (χ0) is 12.4.